The second kappa shape index (κ2) is 6.06. The third kappa shape index (κ3) is 2.95. The number of hydrogen-bond donors (Lipinski definition) is 2. The normalized spacial score (nSPS) is 19.3. The number of aromatic hydroxyl groups is 1. The summed E-state index contributed by atoms with van der Waals surface area (Å²) in [7, 11) is 0. The largest absolute Gasteiger partial charge is 0.508 e. The summed E-state index contributed by atoms with van der Waals surface area (Å²) in [6, 6.07) is 7.21. The zero-order valence-electron chi connectivity index (χ0n) is 14.3. The molecule has 1 saturated carbocycles. The van der Waals surface area contributed by atoms with Crippen molar-refractivity contribution in [1.29, 1.82) is 0 Å². The standard InChI is InChI=1S/C20H22N2O3/c1-12-10-19(24)16(11-22(12)13-8-9-13)20(25)21-17-6-2-5-15-14(17)4-3-7-18(15)23/h3-4,7,10-11,13,17,23H,2,5-6,8-9H2,1H3,(H,21,25)/t17-/m0/s1. The molecule has 0 bridgehead atoms. The van der Waals surface area contributed by atoms with E-state index in [-0.39, 0.29) is 28.7 Å². The predicted octanol–water partition coefficient (Wildman–Crippen LogP) is 3.00. The lowest BCUT2D eigenvalue weighted by molar-refractivity contribution is 0.0930. The molecule has 130 valence electrons. The van der Waals surface area contributed by atoms with Crippen LogP contribution in [0.3, 0.4) is 0 Å². The van der Waals surface area contributed by atoms with Crippen LogP contribution in [0.2, 0.25) is 0 Å². The van der Waals surface area contributed by atoms with Crippen LogP contribution in [0.5, 0.6) is 5.75 Å². The van der Waals surface area contributed by atoms with E-state index in [1.165, 1.54) is 0 Å². The summed E-state index contributed by atoms with van der Waals surface area (Å²) >= 11 is 0. The van der Waals surface area contributed by atoms with Crippen molar-refractivity contribution in [2.75, 3.05) is 0 Å². The SMILES string of the molecule is Cc1cc(=O)c(C(=O)N[C@H]2CCCc3c(O)cccc32)cn1C1CC1. The third-order valence-electron chi connectivity index (χ3n) is 5.25. The van der Waals surface area contributed by atoms with Gasteiger partial charge < -0.3 is 15.0 Å². The Balaban J connectivity index is 1.63. The van der Waals surface area contributed by atoms with Crippen molar-refractivity contribution in [2.45, 2.75) is 51.1 Å². The Kier molecular flexibility index (Phi) is 3.86. The lowest BCUT2D eigenvalue weighted by atomic mass is 9.87. The van der Waals surface area contributed by atoms with Gasteiger partial charge in [0.1, 0.15) is 11.3 Å². The maximum atomic E-state index is 12.7. The van der Waals surface area contributed by atoms with Crippen LogP contribution in [-0.2, 0) is 6.42 Å². The summed E-state index contributed by atoms with van der Waals surface area (Å²) in [6.45, 7) is 1.90. The molecule has 25 heavy (non-hydrogen) atoms. The molecule has 1 fully saturated rings. The Morgan fingerprint density at radius 2 is 2.08 bits per heavy atom. The number of rotatable bonds is 3. The Labute approximate surface area is 146 Å². The fourth-order valence-corrected chi connectivity index (χ4v) is 3.78. The van der Waals surface area contributed by atoms with Crippen LogP contribution < -0.4 is 10.7 Å². The zero-order chi connectivity index (χ0) is 17.6. The van der Waals surface area contributed by atoms with Gasteiger partial charge in [-0.05, 0) is 56.2 Å². The topological polar surface area (TPSA) is 71.3 Å². The van der Waals surface area contributed by atoms with E-state index in [0.717, 1.165) is 48.9 Å². The fourth-order valence-electron chi connectivity index (χ4n) is 3.78. The number of nitrogens with one attached hydrogen (secondary N) is 1. The average Bonchev–Trinajstić information content (AvgIpc) is 3.40. The minimum absolute atomic E-state index is 0.168. The number of aryl methyl sites for hydroxylation is 1. The second-order valence-electron chi connectivity index (χ2n) is 7.09. The molecule has 2 N–H and O–H groups in total. The zero-order valence-corrected chi connectivity index (χ0v) is 14.3. The quantitative estimate of drug-likeness (QED) is 0.904. The van der Waals surface area contributed by atoms with E-state index in [0.29, 0.717) is 6.04 Å². The second-order valence-corrected chi connectivity index (χ2v) is 7.09. The fraction of sp³-hybridized carbons (Fsp3) is 0.400. The molecule has 5 nitrogen and oxygen atoms in total. The number of carbonyl (C=O) groups excluding carboxylic acids is 1. The molecule has 0 radical (unpaired) electrons. The minimum Gasteiger partial charge on any atom is -0.508 e. The van der Waals surface area contributed by atoms with E-state index in [9.17, 15) is 14.7 Å². The van der Waals surface area contributed by atoms with Crippen LogP contribution in [0.4, 0.5) is 0 Å². The number of amides is 1. The third-order valence-corrected chi connectivity index (χ3v) is 5.25. The maximum Gasteiger partial charge on any atom is 0.257 e. The van der Waals surface area contributed by atoms with Gasteiger partial charge in [-0.3, -0.25) is 9.59 Å². The monoisotopic (exact) mass is 338 g/mol. The molecule has 1 atom stereocenters. The lowest BCUT2D eigenvalue weighted by Crippen LogP contribution is -2.34. The summed E-state index contributed by atoms with van der Waals surface area (Å²) in [5, 5.41) is 13.0. The average molecular weight is 338 g/mol. The molecule has 0 saturated heterocycles. The van der Waals surface area contributed by atoms with Crippen molar-refractivity contribution in [3.8, 4) is 5.75 Å². The molecule has 0 aliphatic heterocycles. The highest BCUT2D eigenvalue weighted by Crippen LogP contribution is 2.36. The van der Waals surface area contributed by atoms with E-state index in [4.69, 9.17) is 0 Å². The van der Waals surface area contributed by atoms with Crippen molar-refractivity contribution >= 4 is 5.91 Å². The van der Waals surface area contributed by atoms with Gasteiger partial charge in [0.05, 0.1) is 6.04 Å². The Hall–Kier alpha value is -2.56. The Morgan fingerprint density at radius 3 is 2.84 bits per heavy atom. The number of hydrogen-bond acceptors (Lipinski definition) is 3. The summed E-state index contributed by atoms with van der Waals surface area (Å²) in [5.41, 5.74) is 2.72. The Bertz CT molecular complexity index is 896. The van der Waals surface area contributed by atoms with E-state index >= 15 is 0 Å². The molecule has 2 aromatic rings. The minimum atomic E-state index is -0.333. The number of phenolic OH excluding ortho intramolecular Hbond substituents is 1. The molecule has 1 heterocycles. The number of phenols is 1. The van der Waals surface area contributed by atoms with Crippen molar-refractivity contribution in [3.63, 3.8) is 0 Å². The highest BCUT2D eigenvalue weighted by Gasteiger charge is 2.27. The maximum absolute atomic E-state index is 12.7. The van der Waals surface area contributed by atoms with Crippen LogP contribution in [0.1, 0.15) is 64.9 Å². The molecule has 0 unspecified atom stereocenters. The molecule has 1 aromatic carbocycles. The van der Waals surface area contributed by atoms with Crippen molar-refractivity contribution in [2.24, 2.45) is 0 Å². The van der Waals surface area contributed by atoms with Crippen molar-refractivity contribution in [1.82, 2.24) is 9.88 Å². The molecule has 0 spiro atoms. The van der Waals surface area contributed by atoms with Crippen LogP contribution in [0.15, 0.2) is 35.3 Å². The van der Waals surface area contributed by atoms with E-state index < -0.39 is 0 Å². The number of aromatic nitrogens is 1. The van der Waals surface area contributed by atoms with Gasteiger partial charge >= 0.3 is 0 Å². The summed E-state index contributed by atoms with van der Waals surface area (Å²) < 4.78 is 2.04. The first-order valence-corrected chi connectivity index (χ1v) is 8.89. The number of fused-ring (bicyclic) bond motifs is 1. The van der Waals surface area contributed by atoms with Gasteiger partial charge in [-0.15, -0.1) is 0 Å². The smallest absolute Gasteiger partial charge is 0.257 e. The number of benzene rings is 1. The van der Waals surface area contributed by atoms with Crippen LogP contribution in [-0.4, -0.2) is 15.6 Å². The van der Waals surface area contributed by atoms with Gasteiger partial charge in [0, 0.05) is 24.0 Å². The van der Waals surface area contributed by atoms with E-state index in [2.05, 4.69) is 5.32 Å². The molecular formula is C20H22N2O3. The molecule has 1 aromatic heterocycles. The van der Waals surface area contributed by atoms with Gasteiger partial charge in [0.15, 0.2) is 5.43 Å². The molecule has 4 rings (SSSR count). The predicted molar refractivity (Wildman–Crippen MR) is 95.0 cm³/mol. The van der Waals surface area contributed by atoms with E-state index in [1.54, 1.807) is 24.4 Å². The van der Waals surface area contributed by atoms with Gasteiger partial charge in [0.25, 0.3) is 5.91 Å². The first-order chi connectivity index (χ1) is 12.0. The van der Waals surface area contributed by atoms with Crippen LogP contribution in [0.25, 0.3) is 0 Å². The molecule has 5 heteroatoms. The van der Waals surface area contributed by atoms with Crippen LogP contribution >= 0.6 is 0 Å². The molecule has 1 amide bonds. The summed E-state index contributed by atoms with van der Waals surface area (Å²) in [4.78, 5) is 25.1. The Morgan fingerprint density at radius 1 is 1.28 bits per heavy atom. The van der Waals surface area contributed by atoms with Gasteiger partial charge in [-0.1, -0.05) is 12.1 Å². The van der Waals surface area contributed by atoms with Crippen molar-refractivity contribution in [3.05, 3.63) is 63.1 Å². The van der Waals surface area contributed by atoms with Gasteiger partial charge in [0.2, 0.25) is 0 Å². The summed E-state index contributed by atoms with van der Waals surface area (Å²) in [6.07, 6.45) is 6.42. The first-order valence-electron chi connectivity index (χ1n) is 8.89. The lowest BCUT2D eigenvalue weighted by Gasteiger charge is -2.27. The number of carbonyl (C=O) groups is 1. The van der Waals surface area contributed by atoms with Gasteiger partial charge in [-0.25, -0.2) is 0 Å². The number of nitrogens with zero attached hydrogens (tertiary/aromatic N) is 1. The first kappa shape index (κ1) is 15.9. The molecular weight excluding hydrogens is 316 g/mol. The van der Waals surface area contributed by atoms with Gasteiger partial charge in [-0.2, -0.15) is 0 Å². The molecule has 2 aliphatic carbocycles. The van der Waals surface area contributed by atoms with Crippen molar-refractivity contribution < 1.29 is 9.90 Å². The highest BCUT2D eigenvalue weighted by atomic mass is 16.3. The van der Waals surface area contributed by atoms with Crippen LogP contribution in [0, 0.1) is 6.92 Å². The molecule has 2 aliphatic rings. The number of pyridine rings is 1. The highest BCUT2D eigenvalue weighted by molar-refractivity contribution is 5.94. The van der Waals surface area contributed by atoms with E-state index in [1.807, 2.05) is 17.6 Å². The summed E-state index contributed by atoms with van der Waals surface area (Å²) in [5.74, 6) is -0.0523.